The lowest BCUT2D eigenvalue weighted by molar-refractivity contribution is 0.196. The first-order chi connectivity index (χ1) is 9.00. The molecule has 1 aliphatic rings. The van der Waals surface area contributed by atoms with E-state index in [1.807, 2.05) is 0 Å². The van der Waals surface area contributed by atoms with Crippen LogP contribution in [0.2, 0.25) is 0 Å². The maximum Gasteiger partial charge on any atom is 0.122 e. The highest BCUT2D eigenvalue weighted by atomic mass is 16.5. The van der Waals surface area contributed by atoms with Gasteiger partial charge in [0.05, 0.1) is 6.61 Å². The molecule has 2 rings (SSSR count). The van der Waals surface area contributed by atoms with E-state index in [0.29, 0.717) is 6.04 Å². The van der Waals surface area contributed by atoms with E-state index in [9.17, 15) is 0 Å². The van der Waals surface area contributed by atoms with Crippen LogP contribution in [0.1, 0.15) is 38.3 Å². The third kappa shape index (κ3) is 3.71. The summed E-state index contributed by atoms with van der Waals surface area (Å²) in [6.07, 6.45) is 1.81. The standard InChI is InChI=1S/C16H25NO2/c1-16(2,3)15(6-8-18)17-11-12-4-5-14-13(10-12)7-9-19-14/h4-5,10,15,17-18H,6-9,11H2,1-3H3. The number of fused-ring (bicyclic) bond motifs is 1. The molecule has 0 radical (unpaired) electrons. The summed E-state index contributed by atoms with van der Waals surface area (Å²) in [4.78, 5) is 0. The second-order valence-corrected chi connectivity index (χ2v) is 6.35. The van der Waals surface area contributed by atoms with Crippen molar-refractivity contribution in [1.29, 1.82) is 0 Å². The van der Waals surface area contributed by atoms with Gasteiger partial charge in [-0.15, -0.1) is 0 Å². The number of rotatable bonds is 5. The summed E-state index contributed by atoms with van der Waals surface area (Å²) in [6, 6.07) is 6.74. The number of benzene rings is 1. The normalized spacial score (nSPS) is 16.0. The van der Waals surface area contributed by atoms with Gasteiger partial charge in [-0.3, -0.25) is 0 Å². The Morgan fingerprint density at radius 3 is 2.84 bits per heavy atom. The molecule has 0 aliphatic carbocycles. The fraction of sp³-hybridized carbons (Fsp3) is 0.625. The Balaban J connectivity index is 1.97. The van der Waals surface area contributed by atoms with E-state index < -0.39 is 0 Å². The van der Waals surface area contributed by atoms with Crippen molar-refractivity contribution in [3.8, 4) is 5.75 Å². The summed E-state index contributed by atoms with van der Waals surface area (Å²) in [5.41, 5.74) is 2.76. The average molecular weight is 263 g/mol. The maximum atomic E-state index is 9.17. The maximum absolute atomic E-state index is 9.17. The van der Waals surface area contributed by atoms with Crippen LogP contribution in [-0.4, -0.2) is 24.4 Å². The predicted molar refractivity (Wildman–Crippen MR) is 77.4 cm³/mol. The zero-order valence-corrected chi connectivity index (χ0v) is 12.2. The molecule has 1 aromatic carbocycles. The van der Waals surface area contributed by atoms with E-state index >= 15 is 0 Å². The first-order valence-electron chi connectivity index (χ1n) is 7.09. The summed E-state index contributed by atoms with van der Waals surface area (Å²) in [7, 11) is 0. The molecular formula is C16H25NO2. The van der Waals surface area contributed by atoms with Gasteiger partial charge in [-0.1, -0.05) is 32.9 Å². The Hall–Kier alpha value is -1.06. The van der Waals surface area contributed by atoms with Crippen LogP contribution in [-0.2, 0) is 13.0 Å². The van der Waals surface area contributed by atoms with Crippen LogP contribution in [0, 0.1) is 5.41 Å². The number of aliphatic hydroxyl groups excluding tert-OH is 1. The Labute approximate surface area is 116 Å². The lowest BCUT2D eigenvalue weighted by Crippen LogP contribution is -2.40. The summed E-state index contributed by atoms with van der Waals surface area (Å²) in [6.45, 7) is 8.49. The predicted octanol–water partition coefficient (Wildman–Crippen LogP) is 2.51. The minimum Gasteiger partial charge on any atom is -0.493 e. The van der Waals surface area contributed by atoms with Gasteiger partial charge in [-0.2, -0.15) is 0 Å². The second kappa shape index (κ2) is 5.93. The molecule has 1 aliphatic heterocycles. The van der Waals surface area contributed by atoms with Crippen LogP contribution >= 0.6 is 0 Å². The third-order valence-electron chi connectivity index (χ3n) is 3.77. The Morgan fingerprint density at radius 1 is 1.37 bits per heavy atom. The largest absolute Gasteiger partial charge is 0.493 e. The van der Waals surface area contributed by atoms with Gasteiger partial charge in [0, 0.05) is 25.6 Å². The smallest absolute Gasteiger partial charge is 0.122 e. The van der Waals surface area contributed by atoms with Crippen molar-refractivity contribution in [2.24, 2.45) is 5.41 Å². The minimum absolute atomic E-state index is 0.155. The van der Waals surface area contributed by atoms with Gasteiger partial charge in [0.25, 0.3) is 0 Å². The topological polar surface area (TPSA) is 41.5 Å². The number of hydrogen-bond acceptors (Lipinski definition) is 3. The van der Waals surface area contributed by atoms with Crippen molar-refractivity contribution < 1.29 is 9.84 Å². The quantitative estimate of drug-likeness (QED) is 0.857. The SMILES string of the molecule is CC(C)(C)C(CCO)NCc1ccc2c(c1)CCO2. The van der Waals surface area contributed by atoms with Crippen molar-refractivity contribution in [2.75, 3.05) is 13.2 Å². The van der Waals surface area contributed by atoms with Gasteiger partial charge in [0.2, 0.25) is 0 Å². The first kappa shape index (κ1) is 14.4. The van der Waals surface area contributed by atoms with Crippen LogP contribution in [0.25, 0.3) is 0 Å². The van der Waals surface area contributed by atoms with E-state index in [1.54, 1.807) is 0 Å². The van der Waals surface area contributed by atoms with Crippen LogP contribution < -0.4 is 10.1 Å². The van der Waals surface area contributed by atoms with Crippen LogP contribution in [0.4, 0.5) is 0 Å². The summed E-state index contributed by atoms with van der Waals surface area (Å²) in [5, 5.41) is 12.7. The van der Waals surface area contributed by atoms with E-state index in [-0.39, 0.29) is 12.0 Å². The van der Waals surface area contributed by atoms with Gasteiger partial charge >= 0.3 is 0 Å². The molecule has 0 aromatic heterocycles. The first-order valence-corrected chi connectivity index (χ1v) is 7.09. The van der Waals surface area contributed by atoms with Gasteiger partial charge in [0.15, 0.2) is 0 Å². The molecule has 1 aromatic rings. The van der Waals surface area contributed by atoms with Crippen LogP contribution in [0.15, 0.2) is 18.2 Å². The molecule has 0 bridgehead atoms. The fourth-order valence-corrected chi connectivity index (χ4v) is 2.56. The highest BCUT2D eigenvalue weighted by Gasteiger charge is 2.23. The van der Waals surface area contributed by atoms with Crippen molar-refractivity contribution >= 4 is 0 Å². The molecule has 19 heavy (non-hydrogen) atoms. The number of nitrogens with one attached hydrogen (secondary N) is 1. The molecule has 2 N–H and O–H groups in total. The zero-order chi connectivity index (χ0) is 13.9. The van der Waals surface area contributed by atoms with Crippen molar-refractivity contribution in [3.05, 3.63) is 29.3 Å². The van der Waals surface area contributed by atoms with Crippen molar-refractivity contribution in [3.63, 3.8) is 0 Å². The molecule has 0 amide bonds. The fourth-order valence-electron chi connectivity index (χ4n) is 2.56. The average Bonchev–Trinajstić information content (AvgIpc) is 2.80. The van der Waals surface area contributed by atoms with E-state index in [0.717, 1.165) is 31.7 Å². The molecule has 3 heteroatoms. The van der Waals surface area contributed by atoms with E-state index in [1.165, 1.54) is 11.1 Å². The molecule has 0 saturated heterocycles. The van der Waals surface area contributed by atoms with Gasteiger partial charge in [-0.25, -0.2) is 0 Å². The monoisotopic (exact) mass is 263 g/mol. The van der Waals surface area contributed by atoms with Gasteiger partial charge in [-0.05, 0) is 29.0 Å². The molecule has 0 fully saturated rings. The summed E-state index contributed by atoms with van der Waals surface area (Å²) in [5.74, 6) is 1.03. The van der Waals surface area contributed by atoms with Gasteiger partial charge in [0.1, 0.15) is 5.75 Å². The Morgan fingerprint density at radius 2 is 2.16 bits per heavy atom. The molecule has 3 nitrogen and oxygen atoms in total. The zero-order valence-electron chi connectivity index (χ0n) is 12.2. The highest BCUT2D eigenvalue weighted by Crippen LogP contribution is 2.26. The molecule has 1 heterocycles. The second-order valence-electron chi connectivity index (χ2n) is 6.35. The van der Waals surface area contributed by atoms with Crippen LogP contribution in [0.5, 0.6) is 5.75 Å². The molecule has 0 saturated carbocycles. The summed E-state index contributed by atoms with van der Waals surface area (Å²) >= 11 is 0. The Kier molecular flexibility index (Phi) is 4.48. The third-order valence-corrected chi connectivity index (χ3v) is 3.77. The molecular weight excluding hydrogens is 238 g/mol. The lowest BCUT2D eigenvalue weighted by atomic mass is 9.85. The molecule has 1 unspecified atom stereocenters. The van der Waals surface area contributed by atoms with Crippen molar-refractivity contribution in [1.82, 2.24) is 5.32 Å². The van der Waals surface area contributed by atoms with E-state index in [2.05, 4.69) is 44.3 Å². The number of aliphatic hydroxyl groups is 1. The minimum atomic E-state index is 0.155. The lowest BCUT2D eigenvalue weighted by Gasteiger charge is -2.31. The number of ether oxygens (including phenoxy) is 1. The molecule has 1 atom stereocenters. The summed E-state index contributed by atoms with van der Waals surface area (Å²) < 4.78 is 5.52. The van der Waals surface area contributed by atoms with Gasteiger partial charge < -0.3 is 15.2 Å². The van der Waals surface area contributed by atoms with Crippen LogP contribution in [0.3, 0.4) is 0 Å². The highest BCUT2D eigenvalue weighted by molar-refractivity contribution is 5.39. The molecule has 106 valence electrons. The van der Waals surface area contributed by atoms with Crippen molar-refractivity contribution in [2.45, 2.75) is 46.2 Å². The number of hydrogen-bond donors (Lipinski definition) is 2. The van der Waals surface area contributed by atoms with E-state index in [4.69, 9.17) is 9.84 Å². The Bertz CT molecular complexity index is 423. The molecule has 0 spiro atoms.